The monoisotopic (exact) mass is 253 g/mol. The molecule has 0 saturated heterocycles. The lowest BCUT2D eigenvalue weighted by Crippen LogP contribution is -2.08. The molecule has 2 aromatic rings. The van der Waals surface area contributed by atoms with Crippen molar-refractivity contribution in [3.05, 3.63) is 40.7 Å². The third kappa shape index (κ3) is 2.25. The Morgan fingerprint density at radius 3 is 2.82 bits per heavy atom. The van der Waals surface area contributed by atoms with E-state index in [1.165, 1.54) is 18.0 Å². The highest BCUT2D eigenvalue weighted by atomic mass is 35.5. The zero-order chi connectivity index (χ0) is 12.4. The van der Waals surface area contributed by atoms with Crippen molar-refractivity contribution in [1.82, 2.24) is 15.0 Å². The minimum atomic E-state index is -0.845. The van der Waals surface area contributed by atoms with E-state index in [4.69, 9.17) is 16.3 Å². The highest BCUT2D eigenvalue weighted by molar-refractivity contribution is 6.30. The number of hydrogen-bond donors (Lipinski definition) is 1. The van der Waals surface area contributed by atoms with Crippen LogP contribution in [0, 0.1) is 0 Å². The Bertz CT molecular complexity index is 527. The van der Waals surface area contributed by atoms with Crippen molar-refractivity contribution in [3.63, 3.8) is 0 Å². The van der Waals surface area contributed by atoms with Crippen LogP contribution >= 0.6 is 11.6 Å². The van der Waals surface area contributed by atoms with E-state index in [-0.39, 0.29) is 0 Å². The van der Waals surface area contributed by atoms with Gasteiger partial charge in [0.15, 0.2) is 0 Å². The summed E-state index contributed by atoms with van der Waals surface area (Å²) in [6.45, 7) is 0. The zero-order valence-electron chi connectivity index (χ0n) is 9.46. The third-order valence-corrected chi connectivity index (χ3v) is 2.75. The largest absolute Gasteiger partial charge is 0.496 e. The van der Waals surface area contributed by atoms with Gasteiger partial charge in [-0.25, -0.2) is 4.68 Å². The standard InChI is InChI=1S/C11H12ClN3O2/c1-15-9(6-13-14-15)11(16)8-4-3-7(12)5-10(8)17-2/h3-6,11,16H,1-2H3. The Labute approximate surface area is 104 Å². The molecule has 0 aliphatic rings. The molecular formula is C11H12ClN3O2. The van der Waals surface area contributed by atoms with Crippen LogP contribution in [0.4, 0.5) is 0 Å². The summed E-state index contributed by atoms with van der Waals surface area (Å²) < 4.78 is 6.70. The molecular weight excluding hydrogens is 242 g/mol. The predicted molar refractivity (Wildman–Crippen MR) is 63.1 cm³/mol. The Kier molecular flexibility index (Phi) is 3.31. The molecule has 1 aromatic carbocycles. The number of hydrogen-bond acceptors (Lipinski definition) is 4. The van der Waals surface area contributed by atoms with Crippen molar-refractivity contribution in [2.24, 2.45) is 7.05 Å². The van der Waals surface area contributed by atoms with Crippen LogP contribution in [0.2, 0.25) is 5.02 Å². The van der Waals surface area contributed by atoms with Crippen LogP contribution < -0.4 is 4.74 Å². The summed E-state index contributed by atoms with van der Waals surface area (Å²) in [7, 11) is 3.25. The minimum absolute atomic E-state index is 0.534. The van der Waals surface area contributed by atoms with Crippen LogP contribution in [-0.4, -0.2) is 27.2 Å². The highest BCUT2D eigenvalue weighted by Crippen LogP contribution is 2.31. The second kappa shape index (κ2) is 4.73. The number of ether oxygens (including phenoxy) is 1. The van der Waals surface area contributed by atoms with Gasteiger partial charge in [-0.05, 0) is 12.1 Å². The van der Waals surface area contributed by atoms with Gasteiger partial charge < -0.3 is 9.84 Å². The van der Waals surface area contributed by atoms with Crippen molar-refractivity contribution in [2.75, 3.05) is 7.11 Å². The molecule has 0 aliphatic carbocycles. The molecule has 0 aliphatic heterocycles. The van der Waals surface area contributed by atoms with Crippen LogP contribution in [0.5, 0.6) is 5.75 Å². The van der Waals surface area contributed by atoms with Crippen molar-refractivity contribution < 1.29 is 9.84 Å². The maximum absolute atomic E-state index is 10.2. The molecule has 1 heterocycles. The van der Waals surface area contributed by atoms with Gasteiger partial charge in [-0.15, -0.1) is 5.10 Å². The fraction of sp³-hybridized carbons (Fsp3) is 0.273. The molecule has 5 nitrogen and oxygen atoms in total. The van der Waals surface area contributed by atoms with E-state index in [0.717, 1.165) is 0 Å². The number of methoxy groups -OCH3 is 1. The molecule has 17 heavy (non-hydrogen) atoms. The summed E-state index contributed by atoms with van der Waals surface area (Å²) in [5, 5.41) is 18.3. The van der Waals surface area contributed by atoms with Crippen LogP contribution in [-0.2, 0) is 7.05 Å². The second-order valence-electron chi connectivity index (χ2n) is 3.57. The first-order chi connectivity index (χ1) is 8.13. The first-order valence-electron chi connectivity index (χ1n) is 4.99. The molecule has 1 aromatic heterocycles. The summed E-state index contributed by atoms with van der Waals surface area (Å²) in [6.07, 6.45) is 0.667. The van der Waals surface area contributed by atoms with Crippen molar-refractivity contribution in [1.29, 1.82) is 0 Å². The van der Waals surface area contributed by atoms with E-state index in [9.17, 15) is 5.11 Å². The van der Waals surface area contributed by atoms with E-state index < -0.39 is 6.10 Å². The van der Waals surface area contributed by atoms with Gasteiger partial charge in [-0.3, -0.25) is 0 Å². The third-order valence-electron chi connectivity index (χ3n) is 2.52. The molecule has 90 valence electrons. The quantitative estimate of drug-likeness (QED) is 0.902. The van der Waals surface area contributed by atoms with Crippen LogP contribution in [0.25, 0.3) is 0 Å². The van der Waals surface area contributed by atoms with E-state index >= 15 is 0 Å². The second-order valence-corrected chi connectivity index (χ2v) is 4.01. The van der Waals surface area contributed by atoms with E-state index in [1.54, 1.807) is 25.2 Å². The lowest BCUT2D eigenvalue weighted by Gasteiger charge is -2.14. The predicted octanol–water partition coefficient (Wildman–Crippen LogP) is 1.56. The molecule has 0 radical (unpaired) electrons. The lowest BCUT2D eigenvalue weighted by molar-refractivity contribution is 0.204. The Hall–Kier alpha value is -1.59. The minimum Gasteiger partial charge on any atom is -0.496 e. The first kappa shape index (κ1) is 11.9. The van der Waals surface area contributed by atoms with Gasteiger partial charge in [0.05, 0.1) is 19.0 Å². The van der Waals surface area contributed by atoms with Crippen molar-refractivity contribution >= 4 is 11.6 Å². The molecule has 6 heteroatoms. The summed E-state index contributed by atoms with van der Waals surface area (Å²) in [5.74, 6) is 0.534. The number of aliphatic hydroxyl groups excluding tert-OH is 1. The Morgan fingerprint density at radius 2 is 2.24 bits per heavy atom. The lowest BCUT2D eigenvalue weighted by atomic mass is 10.1. The van der Waals surface area contributed by atoms with Gasteiger partial charge in [-0.1, -0.05) is 22.9 Å². The highest BCUT2D eigenvalue weighted by Gasteiger charge is 2.19. The number of benzene rings is 1. The van der Waals surface area contributed by atoms with Gasteiger partial charge in [0.1, 0.15) is 11.9 Å². The van der Waals surface area contributed by atoms with Crippen LogP contribution in [0.3, 0.4) is 0 Å². The fourth-order valence-electron chi connectivity index (χ4n) is 1.62. The molecule has 2 rings (SSSR count). The summed E-state index contributed by atoms with van der Waals surface area (Å²) >= 11 is 5.86. The number of halogens is 1. The van der Waals surface area contributed by atoms with Crippen LogP contribution in [0.1, 0.15) is 17.4 Å². The Morgan fingerprint density at radius 1 is 1.47 bits per heavy atom. The van der Waals surface area contributed by atoms with E-state index in [0.29, 0.717) is 22.0 Å². The number of aromatic nitrogens is 3. The van der Waals surface area contributed by atoms with E-state index in [2.05, 4.69) is 10.3 Å². The number of rotatable bonds is 3. The molecule has 0 saturated carbocycles. The Balaban J connectivity index is 2.44. The molecule has 1 N–H and O–H groups in total. The summed E-state index contributed by atoms with van der Waals surface area (Å²) in [5.41, 5.74) is 1.22. The molecule has 0 fully saturated rings. The van der Waals surface area contributed by atoms with Gasteiger partial charge in [-0.2, -0.15) is 0 Å². The smallest absolute Gasteiger partial charge is 0.126 e. The van der Waals surface area contributed by atoms with Crippen molar-refractivity contribution in [2.45, 2.75) is 6.10 Å². The van der Waals surface area contributed by atoms with Crippen LogP contribution in [0.15, 0.2) is 24.4 Å². The van der Waals surface area contributed by atoms with E-state index in [1.807, 2.05) is 0 Å². The average Bonchev–Trinajstić information content (AvgIpc) is 2.74. The normalized spacial score (nSPS) is 12.5. The summed E-state index contributed by atoms with van der Waals surface area (Å²) in [6, 6.07) is 5.08. The summed E-state index contributed by atoms with van der Waals surface area (Å²) in [4.78, 5) is 0. The van der Waals surface area contributed by atoms with Crippen molar-refractivity contribution in [3.8, 4) is 5.75 Å². The molecule has 1 unspecified atom stereocenters. The van der Waals surface area contributed by atoms with Gasteiger partial charge in [0.25, 0.3) is 0 Å². The number of aliphatic hydroxyl groups is 1. The fourth-order valence-corrected chi connectivity index (χ4v) is 1.78. The number of nitrogens with zero attached hydrogens (tertiary/aromatic N) is 3. The SMILES string of the molecule is COc1cc(Cl)ccc1C(O)c1cnnn1C. The van der Waals surface area contributed by atoms with Gasteiger partial charge in [0, 0.05) is 17.6 Å². The maximum atomic E-state index is 10.2. The topological polar surface area (TPSA) is 60.2 Å². The molecule has 1 atom stereocenters. The first-order valence-corrected chi connectivity index (χ1v) is 5.37. The molecule has 0 spiro atoms. The molecule has 0 bridgehead atoms. The number of aryl methyl sites for hydroxylation is 1. The van der Waals surface area contributed by atoms with Gasteiger partial charge >= 0.3 is 0 Å². The average molecular weight is 254 g/mol. The molecule has 0 amide bonds. The zero-order valence-corrected chi connectivity index (χ0v) is 10.2. The maximum Gasteiger partial charge on any atom is 0.126 e. The van der Waals surface area contributed by atoms with Gasteiger partial charge in [0.2, 0.25) is 0 Å².